The molecule has 2 aromatic carbocycles. The molecule has 0 unspecified atom stereocenters. The minimum Gasteiger partial charge on any atom is -0.496 e. The second-order valence-electron chi connectivity index (χ2n) is 6.64. The summed E-state index contributed by atoms with van der Waals surface area (Å²) in [6.07, 6.45) is 1.64. The van der Waals surface area contributed by atoms with Crippen molar-refractivity contribution in [1.82, 2.24) is 10.2 Å². The van der Waals surface area contributed by atoms with Crippen molar-refractivity contribution in [2.75, 3.05) is 32.1 Å². The summed E-state index contributed by atoms with van der Waals surface area (Å²) < 4.78 is 5.25. The Labute approximate surface area is 159 Å². The van der Waals surface area contributed by atoms with E-state index in [-0.39, 0.29) is 17.9 Å². The lowest BCUT2D eigenvalue weighted by Gasteiger charge is -2.32. The van der Waals surface area contributed by atoms with Gasteiger partial charge in [0, 0.05) is 24.8 Å². The van der Waals surface area contributed by atoms with Gasteiger partial charge in [-0.1, -0.05) is 30.3 Å². The maximum Gasteiger partial charge on any atom is 0.255 e. The van der Waals surface area contributed by atoms with Gasteiger partial charge in [-0.2, -0.15) is 0 Å². The van der Waals surface area contributed by atoms with Gasteiger partial charge in [-0.3, -0.25) is 14.5 Å². The highest BCUT2D eigenvalue weighted by molar-refractivity contribution is 5.97. The van der Waals surface area contributed by atoms with Crippen LogP contribution in [0.25, 0.3) is 0 Å². The van der Waals surface area contributed by atoms with E-state index in [1.165, 1.54) is 0 Å². The van der Waals surface area contributed by atoms with Gasteiger partial charge in [0.25, 0.3) is 5.91 Å². The van der Waals surface area contributed by atoms with E-state index < -0.39 is 0 Å². The van der Waals surface area contributed by atoms with E-state index >= 15 is 0 Å². The molecule has 27 heavy (non-hydrogen) atoms. The number of nitrogens with zero attached hydrogens (tertiary/aromatic N) is 1. The summed E-state index contributed by atoms with van der Waals surface area (Å²) in [4.78, 5) is 26.8. The Bertz CT molecular complexity index is 771. The van der Waals surface area contributed by atoms with Crippen molar-refractivity contribution < 1.29 is 14.3 Å². The number of likely N-dealkylation sites (tertiary alicyclic amines) is 1. The van der Waals surface area contributed by atoms with Gasteiger partial charge in [0.2, 0.25) is 5.91 Å². The van der Waals surface area contributed by atoms with E-state index in [9.17, 15) is 9.59 Å². The predicted octanol–water partition coefficient (Wildman–Crippen LogP) is 2.53. The highest BCUT2D eigenvalue weighted by Crippen LogP contribution is 2.18. The maximum atomic E-state index is 12.5. The first-order chi connectivity index (χ1) is 13.2. The number of carbonyl (C=O) groups excluding carboxylic acids is 2. The number of nitrogens with one attached hydrogen (secondary N) is 2. The van der Waals surface area contributed by atoms with E-state index in [0.717, 1.165) is 31.6 Å². The summed E-state index contributed by atoms with van der Waals surface area (Å²) in [5.41, 5.74) is 1.35. The molecule has 1 saturated heterocycles. The van der Waals surface area contributed by atoms with E-state index in [1.54, 1.807) is 19.2 Å². The minimum absolute atomic E-state index is 0.0160. The smallest absolute Gasteiger partial charge is 0.255 e. The number of anilines is 1. The second-order valence-corrected chi connectivity index (χ2v) is 6.64. The number of benzene rings is 2. The first-order valence-electron chi connectivity index (χ1n) is 9.17. The molecule has 2 N–H and O–H groups in total. The fourth-order valence-corrected chi connectivity index (χ4v) is 3.26. The molecule has 0 aliphatic carbocycles. The standard InChI is InChI=1S/C21H25N3O3/c1-27-19-10-6-5-9-18(19)21(26)23-17-11-13-24(14-12-17)15-20(25)22-16-7-3-2-4-8-16/h2-10,17H,11-15H2,1H3,(H,22,25)(H,23,26). The number of ether oxygens (including phenoxy) is 1. The first kappa shape index (κ1) is 18.9. The fourth-order valence-electron chi connectivity index (χ4n) is 3.26. The van der Waals surface area contributed by atoms with Crippen LogP contribution in [0, 0.1) is 0 Å². The van der Waals surface area contributed by atoms with Crippen molar-refractivity contribution in [2.24, 2.45) is 0 Å². The van der Waals surface area contributed by atoms with Crippen LogP contribution in [0.4, 0.5) is 5.69 Å². The number of methoxy groups -OCH3 is 1. The Morgan fingerprint density at radius 2 is 1.70 bits per heavy atom. The highest BCUT2D eigenvalue weighted by Gasteiger charge is 2.23. The Kier molecular flexibility index (Phi) is 6.44. The van der Waals surface area contributed by atoms with Crippen LogP contribution < -0.4 is 15.4 Å². The van der Waals surface area contributed by atoms with E-state index in [2.05, 4.69) is 15.5 Å². The van der Waals surface area contributed by atoms with Gasteiger partial charge in [-0.15, -0.1) is 0 Å². The summed E-state index contributed by atoms with van der Waals surface area (Å²) in [7, 11) is 1.56. The molecule has 6 nitrogen and oxygen atoms in total. The molecule has 0 aromatic heterocycles. The van der Waals surface area contributed by atoms with Crippen LogP contribution in [0.5, 0.6) is 5.75 Å². The van der Waals surface area contributed by atoms with Gasteiger partial charge in [0.05, 0.1) is 19.2 Å². The molecular weight excluding hydrogens is 342 g/mol. The number of para-hydroxylation sites is 2. The zero-order valence-electron chi connectivity index (χ0n) is 15.5. The maximum absolute atomic E-state index is 12.5. The molecule has 0 spiro atoms. The number of carbonyl (C=O) groups is 2. The Hall–Kier alpha value is -2.86. The molecule has 142 valence electrons. The van der Waals surface area contributed by atoms with Crippen LogP contribution in [-0.2, 0) is 4.79 Å². The van der Waals surface area contributed by atoms with E-state index in [0.29, 0.717) is 17.9 Å². The normalized spacial score (nSPS) is 15.1. The first-order valence-corrected chi connectivity index (χ1v) is 9.17. The lowest BCUT2D eigenvalue weighted by Crippen LogP contribution is -2.46. The van der Waals surface area contributed by atoms with Gasteiger partial charge in [-0.05, 0) is 37.1 Å². The molecule has 1 fully saturated rings. The molecule has 6 heteroatoms. The largest absolute Gasteiger partial charge is 0.496 e. The predicted molar refractivity (Wildman–Crippen MR) is 105 cm³/mol. The SMILES string of the molecule is COc1ccccc1C(=O)NC1CCN(CC(=O)Nc2ccccc2)CC1. The zero-order chi connectivity index (χ0) is 19.1. The zero-order valence-corrected chi connectivity index (χ0v) is 15.5. The number of rotatable bonds is 6. The Morgan fingerprint density at radius 1 is 1.04 bits per heavy atom. The van der Waals surface area contributed by atoms with Crippen LogP contribution >= 0.6 is 0 Å². The molecule has 0 bridgehead atoms. The highest BCUT2D eigenvalue weighted by atomic mass is 16.5. The number of amides is 2. The van der Waals surface area contributed by atoms with Gasteiger partial charge < -0.3 is 15.4 Å². The van der Waals surface area contributed by atoms with Crippen molar-refractivity contribution >= 4 is 17.5 Å². The van der Waals surface area contributed by atoms with Crippen LogP contribution in [0.1, 0.15) is 23.2 Å². The van der Waals surface area contributed by atoms with Crippen LogP contribution in [0.2, 0.25) is 0 Å². The molecule has 1 heterocycles. The van der Waals surface area contributed by atoms with Crippen LogP contribution in [-0.4, -0.2) is 49.5 Å². The second kappa shape index (κ2) is 9.19. The van der Waals surface area contributed by atoms with Crippen molar-refractivity contribution in [2.45, 2.75) is 18.9 Å². The average molecular weight is 367 g/mol. The molecule has 1 aliphatic heterocycles. The Morgan fingerprint density at radius 3 is 2.41 bits per heavy atom. The van der Waals surface area contributed by atoms with Crippen molar-refractivity contribution in [3.63, 3.8) is 0 Å². The summed E-state index contributed by atoms with van der Waals surface area (Å²) in [6, 6.07) is 16.8. The van der Waals surface area contributed by atoms with Crippen LogP contribution in [0.3, 0.4) is 0 Å². The number of hydrogen-bond donors (Lipinski definition) is 2. The number of hydrogen-bond acceptors (Lipinski definition) is 4. The van der Waals surface area contributed by atoms with Gasteiger partial charge in [-0.25, -0.2) is 0 Å². The number of piperidine rings is 1. The molecular formula is C21H25N3O3. The topological polar surface area (TPSA) is 70.7 Å². The average Bonchev–Trinajstić information content (AvgIpc) is 2.70. The van der Waals surface area contributed by atoms with E-state index in [4.69, 9.17) is 4.74 Å². The third-order valence-electron chi connectivity index (χ3n) is 4.70. The fraction of sp³-hybridized carbons (Fsp3) is 0.333. The minimum atomic E-state index is -0.118. The summed E-state index contributed by atoms with van der Waals surface area (Å²) in [5.74, 6) is 0.440. The molecule has 3 rings (SSSR count). The molecule has 0 saturated carbocycles. The molecule has 0 atom stereocenters. The molecule has 1 aliphatic rings. The Balaban J connectivity index is 1.45. The van der Waals surface area contributed by atoms with Crippen LogP contribution in [0.15, 0.2) is 54.6 Å². The van der Waals surface area contributed by atoms with Crippen molar-refractivity contribution in [1.29, 1.82) is 0 Å². The van der Waals surface area contributed by atoms with Gasteiger partial charge in [0.1, 0.15) is 5.75 Å². The molecule has 0 radical (unpaired) electrons. The van der Waals surface area contributed by atoms with Gasteiger partial charge >= 0.3 is 0 Å². The summed E-state index contributed by atoms with van der Waals surface area (Å²) >= 11 is 0. The summed E-state index contributed by atoms with van der Waals surface area (Å²) in [5, 5.41) is 5.98. The van der Waals surface area contributed by atoms with Crippen molar-refractivity contribution in [3.8, 4) is 5.75 Å². The quantitative estimate of drug-likeness (QED) is 0.823. The lowest BCUT2D eigenvalue weighted by atomic mass is 10.0. The third kappa shape index (κ3) is 5.31. The lowest BCUT2D eigenvalue weighted by molar-refractivity contribution is -0.117. The van der Waals surface area contributed by atoms with Gasteiger partial charge in [0.15, 0.2) is 0 Å². The van der Waals surface area contributed by atoms with E-state index in [1.807, 2.05) is 42.5 Å². The van der Waals surface area contributed by atoms with Crippen molar-refractivity contribution in [3.05, 3.63) is 60.2 Å². The third-order valence-corrected chi connectivity index (χ3v) is 4.70. The summed E-state index contributed by atoms with van der Waals surface area (Å²) in [6.45, 7) is 1.92. The molecule has 2 aromatic rings. The monoisotopic (exact) mass is 367 g/mol. The molecule has 2 amide bonds.